The van der Waals surface area contributed by atoms with Gasteiger partial charge in [0.1, 0.15) is 5.00 Å². The van der Waals surface area contributed by atoms with Crippen LogP contribution in [0.1, 0.15) is 30.1 Å². The van der Waals surface area contributed by atoms with E-state index in [1.54, 1.807) is 18.4 Å². The Balaban J connectivity index is 2.12. The molecule has 1 atom stereocenters. The molecule has 1 unspecified atom stereocenters. The van der Waals surface area contributed by atoms with Crippen LogP contribution in [-0.4, -0.2) is 17.4 Å². The maximum absolute atomic E-state index is 12.0. The van der Waals surface area contributed by atoms with Crippen LogP contribution < -0.4 is 16.8 Å². The normalized spacial score (nSPS) is 18.5. The monoisotopic (exact) mass is 253 g/mol. The van der Waals surface area contributed by atoms with Crippen molar-refractivity contribution in [1.82, 2.24) is 0 Å². The lowest BCUT2D eigenvalue weighted by Crippen LogP contribution is -2.50. The van der Waals surface area contributed by atoms with Crippen LogP contribution in [0.4, 0.5) is 5.00 Å². The van der Waals surface area contributed by atoms with Crippen LogP contribution in [0, 0.1) is 5.92 Å². The molecule has 2 amide bonds. The van der Waals surface area contributed by atoms with Gasteiger partial charge in [0.15, 0.2) is 0 Å². The molecule has 0 aliphatic heterocycles. The van der Waals surface area contributed by atoms with Gasteiger partial charge in [-0.2, -0.15) is 0 Å². The third-order valence-electron chi connectivity index (χ3n) is 3.07. The van der Waals surface area contributed by atoms with Gasteiger partial charge in [0.2, 0.25) is 5.91 Å². The van der Waals surface area contributed by atoms with Crippen LogP contribution in [0.3, 0.4) is 0 Å². The van der Waals surface area contributed by atoms with Gasteiger partial charge in [-0.1, -0.05) is 0 Å². The number of primary amides is 1. The molecule has 0 radical (unpaired) electrons. The molecule has 0 bridgehead atoms. The van der Waals surface area contributed by atoms with Crippen molar-refractivity contribution in [3.05, 3.63) is 17.0 Å². The Labute approximate surface area is 103 Å². The summed E-state index contributed by atoms with van der Waals surface area (Å²) < 4.78 is 0. The standard InChI is InChI=1S/C11H15N3O2S/c1-11(13,6-2-3-6)10(16)14-9-7(8(12)15)4-5-17-9/h4-6H,2-3,13H2,1H3,(H2,12,15)(H,14,16). The Bertz CT molecular complexity index is 463. The molecule has 1 aliphatic rings. The van der Waals surface area contributed by atoms with Crippen molar-refractivity contribution in [3.63, 3.8) is 0 Å². The zero-order chi connectivity index (χ0) is 12.6. The predicted molar refractivity (Wildman–Crippen MR) is 66.8 cm³/mol. The smallest absolute Gasteiger partial charge is 0.251 e. The first-order valence-electron chi connectivity index (χ1n) is 5.40. The number of carbonyl (C=O) groups is 2. The molecular formula is C11H15N3O2S. The van der Waals surface area contributed by atoms with E-state index in [9.17, 15) is 9.59 Å². The summed E-state index contributed by atoms with van der Waals surface area (Å²) in [6, 6.07) is 1.59. The van der Waals surface area contributed by atoms with E-state index in [2.05, 4.69) is 5.32 Å². The highest BCUT2D eigenvalue weighted by molar-refractivity contribution is 7.14. The zero-order valence-electron chi connectivity index (χ0n) is 9.53. The molecule has 1 aromatic rings. The number of hydrogen-bond donors (Lipinski definition) is 3. The van der Waals surface area contributed by atoms with Crippen molar-refractivity contribution in [1.29, 1.82) is 0 Å². The highest BCUT2D eigenvalue weighted by Gasteiger charge is 2.44. The molecule has 6 heteroatoms. The van der Waals surface area contributed by atoms with Gasteiger partial charge in [-0.15, -0.1) is 11.3 Å². The maximum atomic E-state index is 12.0. The third kappa shape index (κ3) is 2.32. The van der Waals surface area contributed by atoms with E-state index in [0.717, 1.165) is 12.8 Å². The molecule has 1 aromatic heterocycles. The number of carbonyl (C=O) groups excluding carboxylic acids is 2. The predicted octanol–water partition coefficient (Wildman–Crippen LogP) is 0.913. The van der Waals surface area contributed by atoms with Gasteiger partial charge in [-0.05, 0) is 37.1 Å². The zero-order valence-corrected chi connectivity index (χ0v) is 10.3. The molecule has 5 nitrogen and oxygen atoms in total. The molecule has 0 spiro atoms. The summed E-state index contributed by atoms with van der Waals surface area (Å²) in [4.78, 5) is 23.1. The minimum absolute atomic E-state index is 0.236. The van der Waals surface area contributed by atoms with Crippen LogP contribution in [0.15, 0.2) is 11.4 Å². The summed E-state index contributed by atoms with van der Waals surface area (Å²) in [6.45, 7) is 1.72. The highest BCUT2D eigenvalue weighted by Crippen LogP contribution is 2.39. The van der Waals surface area contributed by atoms with E-state index in [-0.39, 0.29) is 11.8 Å². The third-order valence-corrected chi connectivity index (χ3v) is 3.90. The van der Waals surface area contributed by atoms with E-state index in [1.807, 2.05) is 0 Å². The van der Waals surface area contributed by atoms with Gasteiger partial charge in [0, 0.05) is 0 Å². The fourth-order valence-corrected chi connectivity index (χ4v) is 2.49. The Kier molecular flexibility index (Phi) is 2.92. The molecule has 92 valence electrons. The topological polar surface area (TPSA) is 98.2 Å². The molecular weight excluding hydrogens is 238 g/mol. The number of nitrogens with one attached hydrogen (secondary N) is 1. The molecule has 0 aromatic carbocycles. The molecule has 1 heterocycles. The first-order chi connectivity index (χ1) is 7.93. The first-order valence-corrected chi connectivity index (χ1v) is 6.28. The lowest BCUT2D eigenvalue weighted by molar-refractivity contribution is -0.121. The Morgan fingerprint density at radius 2 is 2.18 bits per heavy atom. The van der Waals surface area contributed by atoms with Crippen molar-refractivity contribution >= 4 is 28.2 Å². The van der Waals surface area contributed by atoms with Gasteiger partial charge in [0.05, 0.1) is 11.1 Å². The molecule has 2 rings (SSSR count). The Hall–Kier alpha value is -1.40. The van der Waals surface area contributed by atoms with E-state index < -0.39 is 11.4 Å². The Morgan fingerprint density at radius 3 is 2.71 bits per heavy atom. The number of thiophene rings is 1. The van der Waals surface area contributed by atoms with Crippen LogP contribution in [0.25, 0.3) is 0 Å². The van der Waals surface area contributed by atoms with Crippen molar-refractivity contribution in [2.45, 2.75) is 25.3 Å². The number of rotatable bonds is 4. The highest BCUT2D eigenvalue weighted by atomic mass is 32.1. The van der Waals surface area contributed by atoms with Crippen molar-refractivity contribution in [2.75, 3.05) is 5.32 Å². The summed E-state index contributed by atoms with van der Waals surface area (Å²) in [6.07, 6.45) is 1.96. The second-order valence-corrected chi connectivity index (χ2v) is 5.45. The summed E-state index contributed by atoms with van der Waals surface area (Å²) >= 11 is 1.27. The molecule has 1 saturated carbocycles. The molecule has 1 fully saturated rings. The van der Waals surface area contributed by atoms with Crippen molar-refractivity contribution < 1.29 is 9.59 Å². The second-order valence-electron chi connectivity index (χ2n) is 4.54. The average molecular weight is 253 g/mol. The fraction of sp³-hybridized carbons (Fsp3) is 0.455. The molecule has 5 N–H and O–H groups in total. The van der Waals surface area contributed by atoms with Crippen LogP contribution in [0.5, 0.6) is 0 Å². The number of nitrogens with two attached hydrogens (primary N) is 2. The summed E-state index contributed by atoms with van der Waals surface area (Å²) in [7, 11) is 0. The van der Waals surface area contributed by atoms with Gasteiger partial charge in [-0.3, -0.25) is 9.59 Å². The number of amides is 2. The van der Waals surface area contributed by atoms with Crippen LogP contribution >= 0.6 is 11.3 Å². The van der Waals surface area contributed by atoms with E-state index in [1.165, 1.54) is 11.3 Å². The Morgan fingerprint density at radius 1 is 1.53 bits per heavy atom. The quantitative estimate of drug-likeness (QED) is 0.744. The minimum Gasteiger partial charge on any atom is -0.366 e. The number of anilines is 1. The summed E-state index contributed by atoms with van der Waals surface area (Å²) in [5, 5.41) is 4.87. The van der Waals surface area contributed by atoms with E-state index in [0.29, 0.717) is 10.6 Å². The lowest BCUT2D eigenvalue weighted by Gasteiger charge is -2.22. The largest absolute Gasteiger partial charge is 0.366 e. The summed E-state index contributed by atoms with van der Waals surface area (Å²) in [5.74, 6) is -0.573. The van der Waals surface area contributed by atoms with Crippen LogP contribution in [-0.2, 0) is 4.79 Å². The van der Waals surface area contributed by atoms with Gasteiger partial charge in [-0.25, -0.2) is 0 Å². The van der Waals surface area contributed by atoms with Crippen molar-refractivity contribution in [3.8, 4) is 0 Å². The SMILES string of the molecule is CC(N)(C(=O)Nc1sccc1C(N)=O)C1CC1. The van der Waals surface area contributed by atoms with Gasteiger partial charge in [0.25, 0.3) is 5.91 Å². The van der Waals surface area contributed by atoms with Crippen LogP contribution in [0.2, 0.25) is 0 Å². The van der Waals surface area contributed by atoms with Gasteiger partial charge < -0.3 is 16.8 Å². The average Bonchev–Trinajstić information content (AvgIpc) is 3.00. The lowest BCUT2D eigenvalue weighted by atomic mass is 9.96. The van der Waals surface area contributed by atoms with Gasteiger partial charge >= 0.3 is 0 Å². The first kappa shape index (κ1) is 12.1. The molecule has 0 saturated heterocycles. The van der Waals surface area contributed by atoms with E-state index >= 15 is 0 Å². The number of hydrogen-bond acceptors (Lipinski definition) is 4. The second kappa shape index (κ2) is 4.12. The fourth-order valence-electron chi connectivity index (χ4n) is 1.71. The minimum atomic E-state index is -0.876. The maximum Gasteiger partial charge on any atom is 0.251 e. The molecule has 1 aliphatic carbocycles. The van der Waals surface area contributed by atoms with Crippen molar-refractivity contribution in [2.24, 2.45) is 17.4 Å². The molecule has 17 heavy (non-hydrogen) atoms. The van der Waals surface area contributed by atoms with E-state index in [4.69, 9.17) is 11.5 Å². The summed E-state index contributed by atoms with van der Waals surface area (Å²) in [5.41, 5.74) is 10.6.